The molecular weight excluding hydrogens is 490 g/mol. The number of hydrogen-bond acceptors (Lipinski definition) is 6. The molecular formula is C21H19BrClN3O5. The summed E-state index contributed by atoms with van der Waals surface area (Å²) in [6.45, 7) is 1.40. The molecule has 0 radical (unpaired) electrons. The third-order valence-electron chi connectivity index (χ3n) is 4.27. The quantitative estimate of drug-likeness (QED) is 0.459. The molecule has 3 rings (SSSR count). The maximum Gasteiger partial charge on any atom is 0.341 e. The molecule has 3 aromatic rings. The fourth-order valence-electron chi connectivity index (χ4n) is 2.94. The van der Waals surface area contributed by atoms with E-state index in [2.05, 4.69) is 26.0 Å². The Morgan fingerprint density at radius 3 is 2.81 bits per heavy atom. The van der Waals surface area contributed by atoms with Gasteiger partial charge in [0.15, 0.2) is 18.1 Å². The number of rotatable bonds is 8. The van der Waals surface area contributed by atoms with Crippen LogP contribution in [0.25, 0.3) is 10.9 Å². The van der Waals surface area contributed by atoms with Crippen LogP contribution in [0, 0.1) is 0 Å². The summed E-state index contributed by atoms with van der Waals surface area (Å²) in [4.78, 5) is 28.7. The molecule has 0 aliphatic heterocycles. The molecule has 0 aliphatic carbocycles. The largest absolute Gasteiger partial charge is 0.493 e. The molecule has 2 aromatic carbocycles. The van der Waals surface area contributed by atoms with Gasteiger partial charge >= 0.3 is 5.97 Å². The minimum absolute atomic E-state index is 0.152. The van der Waals surface area contributed by atoms with Crippen LogP contribution in [0.4, 0.5) is 0 Å². The number of fused-ring (bicyclic) bond motifs is 1. The van der Waals surface area contributed by atoms with Gasteiger partial charge in [0.05, 0.1) is 24.2 Å². The number of methoxy groups -OCH3 is 1. The van der Waals surface area contributed by atoms with Crippen molar-refractivity contribution in [3.8, 4) is 11.5 Å². The van der Waals surface area contributed by atoms with Gasteiger partial charge in [-0.15, -0.1) is 0 Å². The highest BCUT2D eigenvalue weighted by Crippen LogP contribution is 2.34. The third-order valence-corrected chi connectivity index (χ3v) is 4.98. The van der Waals surface area contributed by atoms with E-state index in [0.29, 0.717) is 33.7 Å². The number of ether oxygens (including phenoxy) is 2. The topological polar surface area (TPSA) is 103 Å². The molecule has 1 aromatic heterocycles. The molecule has 0 aliphatic rings. The monoisotopic (exact) mass is 507 g/mol. The lowest BCUT2D eigenvalue weighted by atomic mass is 10.2. The summed E-state index contributed by atoms with van der Waals surface area (Å²) in [5.74, 6) is -0.247. The maximum atomic E-state index is 13.1. The summed E-state index contributed by atoms with van der Waals surface area (Å²) >= 11 is 9.52. The second kappa shape index (κ2) is 9.93. The van der Waals surface area contributed by atoms with E-state index >= 15 is 0 Å². The highest BCUT2D eigenvalue weighted by molar-refractivity contribution is 9.10. The Morgan fingerprint density at radius 2 is 2.13 bits per heavy atom. The number of aryl methyl sites for hydroxylation is 1. The summed E-state index contributed by atoms with van der Waals surface area (Å²) in [5, 5.41) is 14.1. The van der Waals surface area contributed by atoms with Crippen molar-refractivity contribution in [1.82, 2.24) is 9.66 Å². The van der Waals surface area contributed by atoms with Gasteiger partial charge in [-0.25, -0.2) is 9.78 Å². The highest BCUT2D eigenvalue weighted by atomic mass is 79.9. The number of hydrogen-bond donors (Lipinski definition) is 1. The first-order valence-electron chi connectivity index (χ1n) is 9.31. The Hall–Kier alpha value is -2.91. The Labute approximate surface area is 191 Å². The number of halogens is 2. The van der Waals surface area contributed by atoms with E-state index < -0.39 is 12.6 Å². The smallest absolute Gasteiger partial charge is 0.341 e. The predicted octanol–water partition coefficient (Wildman–Crippen LogP) is 4.12. The van der Waals surface area contributed by atoms with Gasteiger partial charge in [0.2, 0.25) is 0 Å². The Bertz CT molecular complexity index is 1230. The molecule has 1 N–H and O–H groups in total. The van der Waals surface area contributed by atoms with Crippen LogP contribution in [0.5, 0.6) is 11.5 Å². The molecule has 0 unspecified atom stereocenters. The first-order chi connectivity index (χ1) is 14.8. The standard InChI is InChI=1S/C21H19BrClN3O5/c1-3-4-18-25-16-6-5-13(22)8-15(16)21(29)26(18)24-10-12-7-14(23)9-17(30-2)20(12)31-11-19(27)28/h5-10H,3-4,11H2,1-2H3,(H,27,28). The molecule has 31 heavy (non-hydrogen) atoms. The average Bonchev–Trinajstić information content (AvgIpc) is 2.73. The summed E-state index contributed by atoms with van der Waals surface area (Å²) < 4.78 is 12.6. The third kappa shape index (κ3) is 5.23. The normalized spacial score (nSPS) is 11.2. The van der Waals surface area contributed by atoms with Crippen molar-refractivity contribution in [3.05, 3.63) is 61.6 Å². The van der Waals surface area contributed by atoms with Crippen LogP contribution in [-0.4, -0.2) is 40.7 Å². The average molecular weight is 509 g/mol. The first kappa shape index (κ1) is 22.8. The van der Waals surface area contributed by atoms with Gasteiger partial charge in [0, 0.05) is 27.5 Å². The van der Waals surface area contributed by atoms with Crippen LogP contribution in [0.3, 0.4) is 0 Å². The summed E-state index contributed by atoms with van der Waals surface area (Å²) in [5.41, 5.74) is 0.611. The number of benzene rings is 2. The highest BCUT2D eigenvalue weighted by Gasteiger charge is 2.15. The summed E-state index contributed by atoms with van der Waals surface area (Å²) in [6, 6.07) is 8.33. The minimum atomic E-state index is -1.15. The van der Waals surface area contributed by atoms with E-state index in [1.165, 1.54) is 24.1 Å². The van der Waals surface area contributed by atoms with Crippen LogP contribution in [-0.2, 0) is 11.2 Å². The Morgan fingerprint density at radius 1 is 1.35 bits per heavy atom. The van der Waals surface area contributed by atoms with Gasteiger partial charge in [-0.3, -0.25) is 4.79 Å². The zero-order valence-corrected chi connectivity index (χ0v) is 19.1. The number of carboxylic acid groups (broad SMARTS) is 1. The van der Waals surface area contributed by atoms with E-state index in [1.807, 2.05) is 13.0 Å². The molecule has 162 valence electrons. The van der Waals surface area contributed by atoms with Crippen molar-refractivity contribution in [2.24, 2.45) is 5.10 Å². The van der Waals surface area contributed by atoms with Crippen molar-refractivity contribution in [2.45, 2.75) is 19.8 Å². The van der Waals surface area contributed by atoms with Crippen LogP contribution in [0.15, 0.2) is 44.7 Å². The van der Waals surface area contributed by atoms with Crippen LogP contribution in [0.1, 0.15) is 24.7 Å². The van der Waals surface area contributed by atoms with Crippen molar-refractivity contribution in [2.75, 3.05) is 13.7 Å². The molecule has 0 amide bonds. The van der Waals surface area contributed by atoms with E-state index in [0.717, 1.165) is 10.9 Å². The molecule has 1 heterocycles. The lowest BCUT2D eigenvalue weighted by Gasteiger charge is -2.13. The number of carboxylic acids is 1. The molecule has 0 spiro atoms. The number of aliphatic carboxylic acids is 1. The van der Waals surface area contributed by atoms with Crippen molar-refractivity contribution in [3.63, 3.8) is 0 Å². The van der Waals surface area contributed by atoms with Crippen molar-refractivity contribution in [1.29, 1.82) is 0 Å². The van der Waals surface area contributed by atoms with Gasteiger partial charge in [0.25, 0.3) is 5.56 Å². The van der Waals surface area contributed by atoms with Gasteiger partial charge in [-0.05, 0) is 30.7 Å². The number of carbonyl (C=O) groups is 1. The molecule has 8 nitrogen and oxygen atoms in total. The number of aromatic nitrogens is 2. The van der Waals surface area contributed by atoms with E-state index in [9.17, 15) is 9.59 Å². The van der Waals surface area contributed by atoms with E-state index in [4.69, 9.17) is 26.2 Å². The fourth-order valence-corrected chi connectivity index (χ4v) is 3.52. The predicted molar refractivity (Wildman–Crippen MR) is 122 cm³/mol. The molecule has 0 atom stereocenters. The molecule has 0 saturated heterocycles. The van der Waals surface area contributed by atoms with Gasteiger partial charge < -0.3 is 14.6 Å². The van der Waals surface area contributed by atoms with Gasteiger partial charge in [-0.2, -0.15) is 9.78 Å². The SMILES string of the molecule is CCCc1nc2ccc(Br)cc2c(=O)n1N=Cc1cc(Cl)cc(OC)c1OCC(=O)O. The summed E-state index contributed by atoms with van der Waals surface area (Å²) in [6.07, 6.45) is 2.68. The van der Waals surface area contributed by atoms with Crippen LogP contribution in [0.2, 0.25) is 5.02 Å². The lowest BCUT2D eigenvalue weighted by molar-refractivity contribution is -0.139. The Kier molecular flexibility index (Phi) is 7.29. The Balaban J connectivity index is 2.15. The van der Waals surface area contributed by atoms with Crippen molar-refractivity contribution < 1.29 is 19.4 Å². The lowest BCUT2D eigenvalue weighted by Crippen LogP contribution is -2.22. The van der Waals surface area contributed by atoms with Crippen LogP contribution < -0.4 is 15.0 Å². The first-order valence-corrected chi connectivity index (χ1v) is 10.5. The second-order valence-corrected chi connectivity index (χ2v) is 7.86. The fraction of sp³-hybridized carbons (Fsp3) is 0.238. The van der Waals surface area contributed by atoms with Gasteiger partial charge in [-0.1, -0.05) is 34.5 Å². The number of nitrogens with zero attached hydrogens (tertiary/aromatic N) is 3. The minimum Gasteiger partial charge on any atom is -0.493 e. The molecule has 0 bridgehead atoms. The zero-order chi connectivity index (χ0) is 22.5. The van der Waals surface area contributed by atoms with Gasteiger partial charge in [0.1, 0.15) is 5.82 Å². The van der Waals surface area contributed by atoms with Crippen molar-refractivity contribution >= 4 is 50.6 Å². The van der Waals surface area contributed by atoms with E-state index in [1.54, 1.807) is 18.2 Å². The molecule has 10 heteroatoms. The molecule has 0 fully saturated rings. The maximum absolute atomic E-state index is 13.1. The van der Waals surface area contributed by atoms with E-state index in [-0.39, 0.29) is 17.1 Å². The summed E-state index contributed by atoms with van der Waals surface area (Å²) in [7, 11) is 1.41. The van der Waals surface area contributed by atoms with Crippen LogP contribution >= 0.6 is 27.5 Å². The second-order valence-electron chi connectivity index (χ2n) is 6.51. The zero-order valence-electron chi connectivity index (χ0n) is 16.8. The molecule has 0 saturated carbocycles.